The summed E-state index contributed by atoms with van der Waals surface area (Å²) in [4.78, 5) is 15.3. The van der Waals surface area contributed by atoms with Crippen LogP contribution in [-0.4, -0.2) is 9.55 Å². The lowest BCUT2D eigenvalue weighted by Crippen LogP contribution is -2.11. The number of hydrogen-bond donors (Lipinski definition) is 0. The Labute approximate surface area is 87.7 Å². The second-order valence-electron chi connectivity index (χ2n) is 3.29. The molecule has 1 aromatic carbocycles. The van der Waals surface area contributed by atoms with Crippen LogP contribution in [0.2, 0.25) is 0 Å². The molecule has 15 heavy (non-hydrogen) atoms. The molecule has 3 heteroatoms. The molecule has 0 radical (unpaired) electrons. The lowest BCUT2D eigenvalue weighted by atomic mass is 10.2. The Balaban J connectivity index is 2.66. The van der Waals surface area contributed by atoms with Gasteiger partial charge in [-0.05, 0) is 19.1 Å². The van der Waals surface area contributed by atoms with Crippen LogP contribution >= 0.6 is 0 Å². The van der Waals surface area contributed by atoms with Crippen molar-refractivity contribution >= 4 is 10.9 Å². The Morgan fingerprint density at radius 1 is 1.40 bits per heavy atom. The second-order valence-corrected chi connectivity index (χ2v) is 3.29. The van der Waals surface area contributed by atoms with Crippen molar-refractivity contribution in [3.63, 3.8) is 0 Å². The second kappa shape index (κ2) is 4.09. The van der Waals surface area contributed by atoms with Crippen LogP contribution in [0.4, 0.5) is 0 Å². The number of allylic oxidation sites excluding steroid dienone is 2. The molecule has 1 aromatic heterocycles. The molecular formula is C12H12N2O. The third-order valence-corrected chi connectivity index (χ3v) is 2.30. The van der Waals surface area contributed by atoms with E-state index in [0.717, 1.165) is 12.1 Å². The molecule has 0 atom stereocenters. The molecule has 76 valence electrons. The van der Waals surface area contributed by atoms with Gasteiger partial charge < -0.3 is 4.57 Å². The highest BCUT2D eigenvalue weighted by Crippen LogP contribution is 2.08. The Bertz CT molecular complexity index is 555. The monoisotopic (exact) mass is 200 g/mol. The number of rotatable bonds is 2. The standard InChI is InChI=1S/C12H12N2O/c1-2-3-8-14-9-13-12(15)10-6-4-5-7-11(10)14/h2-7,9H,8H2,1H3. The number of para-hydroxylation sites is 1. The van der Waals surface area contributed by atoms with Gasteiger partial charge >= 0.3 is 0 Å². The Hall–Kier alpha value is -1.90. The van der Waals surface area contributed by atoms with E-state index in [1.165, 1.54) is 0 Å². The lowest BCUT2D eigenvalue weighted by Gasteiger charge is -2.06. The molecule has 0 saturated carbocycles. The summed E-state index contributed by atoms with van der Waals surface area (Å²) in [5.41, 5.74) is 0.762. The maximum Gasteiger partial charge on any atom is 0.280 e. The molecule has 2 aromatic rings. The smallest absolute Gasteiger partial charge is 0.280 e. The summed E-state index contributed by atoms with van der Waals surface area (Å²) < 4.78 is 1.96. The number of hydrogen-bond acceptors (Lipinski definition) is 2. The van der Waals surface area contributed by atoms with E-state index in [9.17, 15) is 4.79 Å². The molecule has 1 heterocycles. The summed E-state index contributed by atoms with van der Waals surface area (Å²) >= 11 is 0. The minimum atomic E-state index is -0.165. The maximum absolute atomic E-state index is 11.5. The first kappa shape index (κ1) is 9.65. The van der Waals surface area contributed by atoms with Crippen LogP contribution in [0.15, 0.2) is 47.5 Å². The molecule has 0 N–H and O–H groups in total. The molecule has 3 nitrogen and oxygen atoms in total. The van der Waals surface area contributed by atoms with Crippen LogP contribution in [0.1, 0.15) is 6.92 Å². The zero-order chi connectivity index (χ0) is 10.7. The van der Waals surface area contributed by atoms with E-state index in [1.807, 2.05) is 41.8 Å². The fourth-order valence-corrected chi connectivity index (χ4v) is 1.52. The van der Waals surface area contributed by atoms with E-state index < -0.39 is 0 Å². The summed E-state index contributed by atoms with van der Waals surface area (Å²) in [6.07, 6.45) is 5.59. The molecule has 0 aliphatic rings. The quantitative estimate of drug-likeness (QED) is 0.695. The minimum Gasteiger partial charge on any atom is -0.328 e. The van der Waals surface area contributed by atoms with Crippen LogP contribution in [0.3, 0.4) is 0 Å². The van der Waals surface area contributed by atoms with Gasteiger partial charge in [-0.2, -0.15) is 4.98 Å². The van der Waals surface area contributed by atoms with Crippen LogP contribution in [0.25, 0.3) is 10.9 Å². The number of aromatic nitrogens is 2. The van der Waals surface area contributed by atoms with E-state index in [0.29, 0.717) is 5.39 Å². The van der Waals surface area contributed by atoms with Gasteiger partial charge in [0.15, 0.2) is 0 Å². The van der Waals surface area contributed by atoms with Crippen molar-refractivity contribution in [2.24, 2.45) is 0 Å². The topological polar surface area (TPSA) is 34.9 Å². The summed E-state index contributed by atoms with van der Waals surface area (Å²) in [6.45, 7) is 2.71. The molecule has 0 spiro atoms. The largest absolute Gasteiger partial charge is 0.328 e. The number of fused-ring (bicyclic) bond motifs is 1. The van der Waals surface area contributed by atoms with E-state index in [2.05, 4.69) is 4.98 Å². The highest BCUT2D eigenvalue weighted by Gasteiger charge is 2.00. The van der Waals surface area contributed by atoms with Crippen molar-refractivity contribution in [1.82, 2.24) is 9.55 Å². The van der Waals surface area contributed by atoms with Gasteiger partial charge in [-0.15, -0.1) is 0 Å². The molecule has 2 rings (SSSR count). The fourth-order valence-electron chi connectivity index (χ4n) is 1.52. The first-order valence-corrected chi connectivity index (χ1v) is 4.88. The summed E-state index contributed by atoms with van der Waals surface area (Å²) in [5.74, 6) is 0. The van der Waals surface area contributed by atoms with Gasteiger partial charge in [0.2, 0.25) is 0 Å². The van der Waals surface area contributed by atoms with E-state index in [4.69, 9.17) is 0 Å². The van der Waals surface area contributed by atoms with E-state index in [-0.39, 0.29) is 5.56 Å². The van der Waals surface area contributed by atoms with Gasteiger partial charge in [-0.25, -0.2) is 0 Å². The Morgan fingerprint density at radius 2 is 2.20 bits per heavy atom. The van der Waals surface area contributed by atoms with Crippen LogP contribution in [0, 0.1) is 0 Å². The van der Waals surface area contributed by atoms with Gasteiger partial charge in [0.25, 0.3) is 5.56 Å². The van der Waals surface area contributed by atoms with Gasteiger partial charge in [-0.3, -0.25) is 4.79 Å². The van der Waals surface area contributed by atoms with E-state index >= 15 is 0 Å². The molecular weight excluding hydrogens is 188 g/mol. The van der Waals surface area contributed by atoms with Crippen molar-refractivity contribution in [3.8, 4) is 0 Å². The number of benzene rings is 1. The van der Waals surface area contributed by atoms with Crippen molar-refractivity contribution in [1.29, 1.82) is 0 Å². The Morgan fingerprint density at radius 3 is 3.00 bits per heavy atom. The molecule has 0 amide bonds. The van der Waals surface area contributed by atoms with Gasteiger partial charge in [-0.1, -0.05) is 24.3 Å². The van der Waals surface area contributed by atoms with Crippen LogP contribution in [0.5, 0.6) is 0 Å². The van der Waals surface area contributed by atoms with Crippen molar-refractivity contribution in [3.05, 3.63) is 53.1 Å². The molecule has 0 aliphatic carbocycles. The lowest BCUT2D eigenvalue weighted by molar-refractivity contribution is 0.818. The van der Waals surface area contributed by atoms with Crippen molar-refractivity contribution < 1.29 is 0 Å². The number of nitrogens with zero attached hydrogens (tertiary/aromatic N) is 2. The predicted octanol–water partition coefficient (Wildman–Crippen LogP) is 1.97. The molecule has 0 aliphatic heterocycles. The SMILES string of the molecule is CC=CCn1cnc(=O)c2ccccc21. The summed E-state index contributed by atoms with van der Waals surface area (Å²) in [7, 11) is 0. The van der Waals surface area contributed by atoms with E-state index in [1.54, 1.807) is 12.4 Å². The average molecular weight is 200 g/mol. The third-order valence-electron chi connectivity index (χ3n) is 2.30. The highest BCUT2D eigenvalue weighted by atomic mass is 16.1. The van der Waals surface area contributed by atoms with Crippen molar-refractivity contribution in [2.75, 3.05) is 0 Å². The third kappa shape index (κ3) is 1.81. The summed E-state index contributed by atoms with van der Waals surface area (Å²) in [5, 5.41) is 0.671. The Kier molecular flexibility index (Phi) is 2.63. The van der Waals surface area contributed by atoms with Gasteiger partial charge in [0.05, 0.1) is 17.2 Å². The van der Waals surface area contributed by atoms with Crippen LogP contribution in [-0.2, 0) is 6.54 Å². The molecule has 0 bridgehead atoms. The summed E-state index contributed by atoms with van der Waals surface area (Å²) in [6, 6.07) is 7.51. The molecule has 0 saturated heterocycles. The molecule has 0 fully saturated rings. The minimum absolute atomic E-state index is 0.165. The highest BCUT2D eigenvalue weighted by molar-refractivity contribution is 5.77. The van der Waals surface area contributed by atoms with Crippen LogP contribution < -0.4 is 5.56 Å². The predicted molar refractivity (Wildman–Crippen MR) is 60.8 cm³/mol. The van der Waals surface area contributed by atoms with Gasteiger partial charge in [0, 0.05) is 6.54 Å². The average Bonchev–Trinajstić information content (AvgIpc) is 2.29. The maximum atomic E-state index is 11.5. The zero-order valence-electron chi connectivity index (χ0n) is 8.55. The van der Waals surface area contributed by atoms with Gasteiger partial charge in [0.1, 0.15) is 0 Å². The molecule has 0 unspecified atom stereocenters. The normalized spacial score (nSPS) is 11.3. The zero-order valence-corrected chi connectivity index (χ0v) is 8.55. The first-order valence-electron chi connectivity index (χ1n) is 4.88. The fraction of sp³-hybridized carbons (Fsp3) is 0.167. The van der Waals surface area contributed by atoms with Crippen molar-refractivity contribution in [2.45, 2.75) is 13.5 Å². The first-order chi connectivity index (χ1) is 7.33.